The molecule has 19 heavy (non-hydrogen) atoms. The normalized spacial score (nSPS) is 13.1. The topological polar surface area (TPSA) is 28.7 Å². The second kappa shape index (κ2) is 6.23. The van der Waals surface area contributed by atoms with Gasteiger partial charge >= 0.3 is 0 Å². The smallest absolute Gasteiger partial charge is 0.137 e. The summed E-state index contributed by atoms with van der Waals surface area (Å²) in [7, 11) is 0. The molecule has 104 valence electrons. The van der Waals surface area contributed by atoms with E-state index in [9.17, 15) is 0 Å². The summed E-state index contributed by atoms with van der Waals surface area (Å²) < 4.78 is 0. The number of aromatic nitrogens is 2. The Bertz CT molecular complexity index is 539. The van der Waals surface area contributed by atoms with Crippen molar-refractivity contribution in [3.8, 4) is 0 Å². The molecule has 1 unspecified atom stereocenters. The Morgan fingerprint density at radius 2 is 2.00 bits per heavy atom. The molecule has 1 atom stereocenters. The van der Waals surface area contributed by atoms with Crippen LogP contribution in [0.4, 0.5) is 0 Å². The van der Waals surface area contributed by atoms with Crippen LogP contribution in [-0.4, -0.2) is 9.97 Å². The minimum atomic E-state index is 0.622. The lowest BCUT2D eigenvalue weighted by Gasteiger charge is -2.13. The molecular formula is C17H26N2. The Morgan fingerprint density at radius 3 is 2.74 bits per heavy atom. The molecule has 0 aliphatic carbocycles. The zero-order valence-electron chi connectivity index (χ0n) is 12.7. The van der Waals surface area contributed by atoms with Gasteiger partial charge in [0, 0.05) is 17.3 Å². The number of aromatic amines is 1. The third-order valence-corrected chi connectivity index (χ3v) is 4.25. The van der Waals surface area contributed by atoms with Crippen molar-refractivity contribution < 1.29 is 0 Å². The van der Waals surface area contributed by atoms with Crippen molar-refractivity contribution in [2.24, 2.45) is 0 Å². The number of pyridine rings is 1. The number of fused-ring (bicyclic) bond motifs is 1. The maximum absolute atomic E-state index is 4.46. The van der Waals surface area contributed by atoms with Crippen molar-refractivity contribution in [2.75, 3.05) is 0 Å². The fraction of sp³-hybridized carbons (Fsp3) is 0.588. The van der Waals surface area contributed by atoms with Gasteiger partial charge in [-0.25, -0.2) is 4.98 Å². The highest BCUT2D eigenvalue weighted by Crippen LogP contribution is 2.31. The molecule has 0 aliphatic heterocycles. The summed E-state index contributed by atoms with van der Waals surface area (Å²) in [6.07, 6.45) is 8.59. The zero-order chi connectivity index (χ0) is 13.8. The fourth-order valence-electron chi connectivity index (χ4n) is 2.87. The van der Waals surface area contributed by atoms with E-state index in [2.05, 4.69) is 43.7 Å². The molecular weight excluding hydrogens is 232 g/mol. The van der Waals surface area contributed by atoms with E-state index in [0.717, 1.165) is 5.65 Å². The molecule has 2 aromatic heterocycles. The van der Waals surface area contributed by atoms with Crippen molar-refractivity contribution >= 4 is 11.0 Å². The Balaban J connectivity index is 2.19. The first-order valence-corrected chi connectivity index (χ1v) is 7.59. The molecule has 0 radical (unpaired) electrons. The molecule has 0 fully saturated rings. The average Bonchev–Trinajstić information content (AvgIpc) is 2.70. The van der Waals surface area contributed by atoms with Crippen molar-refractivity contribution in [3.05, 3.63) is 29.1 Å². The highest BCUT2D eigenvalue weighted by molar-refractivity contribution is 5.85. The largest absolute Gasteiger partial charge is 0.343 e. The molecule has 0 saturated heterocycles. The minimum absolute atomic E-state index is 0.622. The van der Waals surface area contributed by atoms with Crippen LogP contribution in [0.25, 0.3) is 11.0 Å². The number of nitrogens with zero attached hydrogens (tertiary/aromatic N) is 1. The standard InChI is InChI=1S/C17H26N2/c1-5-6-7-8-9-12(2)15-10-11-18-17-16(15)13(3)14(4)19-17/h10-12H,5-9H2,1-4H3,(H,18,19). The van der Waals surface area contributed by atoms with Gasteiger partial charge in [-0.05, 0) is 43.4 Å². The lowest BCUT2D eigenvalue weighted by atomic mass is 9.92. The van der Waals surface area contributed by atoms with Crippen molar-refractivity contribution in [1.29, 1.82) is 0 Å². The van der Waals surface area contributed by atoms with E-state index in [-0.39, 0.29) is 0 Å². The van der Waals surface area contributed by atoms with Crippen LogP contribution >= 0.6 is 0 Å². The summed E-state index contributed by atoms with van der Waals surface area (Å²) in [5.41, 5.74) is 5.11. The predicted molar refractivity (Wildman–Crippen MR) is 82.7 cm³/mol. The van der Waals surface area contributed by atoms with Gasteiger partial charge in [0.15, 0.2) is 0 Å². The van der Waals surface area contributed by atoms with Gasteiger partial charge in [-0.2, -0.15) is 0 Å². The molecule has 1 N–H and O–H groups in total. The number of aryl methyl sites for hydroxylation is 2. The van der Waals surface area contributed by atoms with Gasteiger partial charge in [-0.1, -0.05) is 39.5 Å². The Labute approximate surface area is 116 Å². The van der Waals surface area contributed by atoms with Gasteiger partial charge in [0.25, 0.3) is 0 Å². The van der Waals surface area contributed by atoms with E-state index in [1.165, 1.54) is 54.3 Å². The number of nitrogens with one attached hydrogen (secondary N) is 1. The van der Waals surface area contributed by atoms with Crippen LogP contribution < -0.4 is 0 Å². The molecule has 2 rings (SSSR count). The number of H-pyrrole nitrogens is 1. The van der Waals surface area contributed by atoms with Gasteiger partial charge in [0.05, 0.1) is 0 Å². The average molecular weight is 258 g/mol. The summed E-state index contributed by atoms with van der Waals surface area (Å²) >= 11 is 0. The molecule has 0 spiro atoms. The second-order valence-corrected chi connectivity index (χ2v) is 5.75. The molecule has 2 aromatic rings. The van der Waals surface area contributed by atoms with Crippen LogP contribution in [0.1, 0.15) is 68.7 Å². The van der Waals surface area contributed by atoms with Crippen LogP contribution in [0.3, 0.4) is 0 Å². The first-order chi connectivity index (χ1) is 9.15. The third-order valence-electron chi connectivity index (χ3n) is 4.25. The first kappa shape index (κ1) is 14.1. The Hall–Kier alpha value is -1.31. The summed E-state index contributed by atoms with van der Waals surface area (Å²) in [4.78, 5) is 7.85. The number of unbranched alkanes of at least 4 members (excludes halogenated alkanes) is 3. The van der Waals surface area contributed by atoms with Crippen LogP contribution in [0.2, 0.25) is 0 Å². The molecule has 0 aliphatic rings. The van der Waals surface area contributed by atoms with Gasteiger partial charge in [-0.3, -0.25) is 0 Å². The van der Waals surface area contributed by atoms with Crippen LogP contribution in [0.5, 0.6) is 0 Å². The van der Waals surface area contributed by atoms with Gasteiger partial charge in [0.1, 0.15) is 5.65 Å². The van der Waals surface area contributed by atoms with E-state index >= 15 is 0 Å². The molecule has 0 amide bonds. The Kier molecular flexibility index (Phi) is 4.62. The van der Waals surface area contributed by atoms with E-state index in [0.29, 0.717) is 5.92 Å². The van der Waals surface area contributed by atoms with E-state index < -0.39 is 0 Å². The van der Waals surface area contributed by atoms with Crippen LogP contribution in [-0.2, 0) is 0 Å². The van der Waals surface area contributed by atoms with Gasteiger partial charge in [0.2, 0.25) is 0 Å². The molecule has 0 bridgehead atoms. The summed E-state index contributed by atoms with van der Waals surface area (Å²) in [5.74, 6) is 0.622. The van der Waals surface area contributed by atoms with Crippen molar-refractivity contribution in [3.63, 3.8) is 0 Å². The SMILES string of the molecule is CCCCCCC(C)c1ccnc2[nH]c(C)c(C)c12. The lowest BCUT2D eigenvalue weighted by Crippen LogP contribution is -1.96. The highest BCUT2D eigenvalue weighted by atomic mass is 14.9. The van der Waals surface area contributed by atoms with Crippen LogP contribution in [0, 0.1) is 13.8 Å². The van der Waals surface area contributed by atoms with Gasteiger partial charge < -0.3 is 4.98 Å². The fourth-order valence-corrected chi connectivity index (χ4v) is 2.87. The van der Waals surface area contributed by atoms with E-state index in [4.69, 9.17) is 0 Å². The third kappa shape index (κ3) is 2.99. The molecule has 0 saturated carbocycles. The first-order valence-electron chi connectivity index (χ1n) is 7.59. The monoisotopic (exact) mass is 258 g/mol. The van der Waals surface area contributed by atoms with Crippen molar-refractivity contribution in [2.45, 2.75) is 65.7 Å². The van der Waals surface area contributed by atoms with E-state index in [1.54, 1.807) is 0 Å². The molecule has 2 heterocycles. The number of hydrogen-bond acceptors (Lipinski definition) is 1. The maximum Gasteiger partial charge on any atom is 0.137 e. The summed E-state index contributed by atoms with van der Waals surface area (Å²) in [5, 5.41) is 1.35. The molecule has 2 nitrogen and oxygen atoms in total. The predicted octanol–water partition coefficient (Wildman–Crippen LogP) is 5.25. The molecule has 2 heteroatoms. The minimum Gasteiger partial charge on any atom is -0.343 e. The summed E-state index contributed by atoms with van der Waals surface area (Å²) in [6.45, 7) is 8.94. The zero-order valence-corrected chi connectivity index (χ0v) is 12.7. The van der Waals surface area contributed by atoms with Crippen LogP contribution in [0.15, 0.2) is 12.3 Å². The summed E-state index contributed by atoms with van der Waals surface area (Å²) in [6, 6.07) is 2.20. The highest BCUT2D eigenvalue weighted by Gasteiger charge is 2.14. The Morgan fingerprint density at radius 1 is 1.21 bits per heavy atom. The van der Waals surface area contributed by atoms with E-state index in [1.807, 2.05) is 6.20 Å². The number of hydrogen-bond donors (Lipinski definition) is 1. The quantitative estimate of drug-likeness (QED) is 0.704. The number of rotatable bonds is 6. The lowest BCUT2D eigenvalue weighted by molar-refractivity contribution is 0.581. The second-order valence-electron chi connectivity index (χ2n) is 5.75. The molecule has 0 aromatic carbocycles. The van der Waals surface area contributed by atoms with Crippen molar-refractivity contribution in [1.82, 2.24) is 9.97 Å². The maximum atomic E-state index is 4.46. The van der Waals surface area contributed by atoms with Gasteiger partial charge in [-0.15, -0.1) is 0 Å².